The summed E-state index contributed by atoms with van der Waals surface area (Å²) in [7, 11) is 1.64. The number of imide groups is 1. The van der Waals surface area contributed by atoms with Crippen molar-refractivity contribution in [1.82, 2.24) is 9.80 Å². The fraction of sp³-hybridized carbons (Fsp3) is 0.280. The van der Waals surface area contributed by atoms with Crippen molar-refractivity contribution in [2.45, 2.75) is 32.2 Å². The van der Waals surface area contributed by atoms with E-state index >= 15 is 0 Å². The first-order valence-electron chi connectivity index (χ1n) is 10.4. The van der Waals surface area contributed by atoms with Gasteiger partial charge in [0, 0.05) is 24.2 Å². The number of carbonyl (C=O) groups excluding carboxylic acids is 4. The minimum atomic E-state index is -0.439. The number of carbonyl (C=O) groups is 4. The van der Waals surface area contributed by atoms with E-state index in [1.165, 1.54) is 15.4 Å². The lowest BCUT2D eigenvalue weighted by atomic mass is 9.84. The third-order valence-electron chi connectivity index (χ3n) is 6.71. The maximum Gasteiger partial charge on any atom is 0.265 e. The number of likely N-dealkylation sites (N-methyl/N-ethyl adjacent to an activating group) is 1. The predicted molar refractivity (Wildman–Crippen MR) is 115 cm³/mol. The molecule has 2 unspecified atom stereocenters. The van der Waals surface area contributed by atoms with Crippen LogP contribution in [-0.4, -0.2) is 46.9 Å². The van der Waals surface area contributed by atoms with Gasteiger partial charge in [0.15, 0.2) is 0 Å². The zero-order valence-corrected chi connectivity index (χ0v) is 17.4. The number of hydrogen-bond acceptors (Lipinski definition) is 4. The van der Waals surface area contributed by atoms with Crippen LogP contribution in [0.4, 0.5) is 0 Å². The molecule has 0 bridgehead atoms. The second kappa shape index (κ2) is 7.01. The standard InChI is InChI=1S/C25H22N2O4/c1-14-3-7-17(8-4-14)27-24(30)19-10-6-16(12-21(19)25(27)31)15-5-9-18-20(11-15)23(29)26(2)22(18)13-28/h3,5-7,10-13,18,22H,4,8-9H2,1-2H3. The van der Waals surface area contributed by atoms with Crippen LogP contribution in [0.5, 0.6) is 0 Å². The minimum Gasteiger partial charge on any atom is -0.332 e. The maximum absolute atomic E-state index is 13.1. The Kier molecular flexibility index (Phi) is 4.39. The van der Waals surface area contributed by atoms with Crippen molar-refractivity contribution >= 4 is 29.6 Å². The van der Waals surface area contributed by atoms with Crippen LogP contribution in [0.15, 0.2) is 59.3 Å². The Morgan fingerprint density at radius 2 is 1.77 bits per heavy atom. The highest BCUT2D eigenvalue weighted by molar-refractivity contribution is 6.22. The van der Waals surface area contributed by atoms with Crippen molar-refractivity contribution < 1.29 is 19.2 Å². The summed E-state index contributed by atoms with van der Waals surface area (Å²) in [5.74, 6) is -0.871. The Balaban J connectivity index is 1.48. The number of benzene rings is 1. The van der Waals surface area contributed by atoms with Crippen LogP contribution in [-0.2, 0) is 9.59 Å². The van der Waals surface area contributed by atoms with Gasteiger partial charge in [-0.1, -0.05) is 23.8 Å². The van der Waals surface area contributed by atoms with Gasteiger partial charge in [0.2, 0.25) is 0 Å². The Morgan fingerprint density at radius 3 is 2.48 bits per heavy atom. The Hall–Kier alpha value is -3.54. The molecule has 31 heavy (non-hydrogen) atoms. The van der Waals surface area contributed by atoms with Gasteiger partial charge in [-0.05, 0) is 61.6 Å². The number of amides is 3. The van der Waals surface area contributed by atoms with Crippen molar-refractivity contribution in [3.05, 3.63) is 76.0 Å². The maximum atomic E-state index is 13.1. The lowest BCUT2D eigenvalue weighted by molar-refractivity contribution is -0.127. The lowest BCUT2D eigenvalue weighted by Gasteiger charge is -2.20. The van der Waals surface area contributed by atoms with E-state index < -0.39 is 6.04 Å². The van der Waals surface area contributed by atoms with Crippen LogP contribution in [0.25, 0.3) is 5.57 Å². The second-order valence-electron chi connectivity index (χ2n) is 8.52. The highest BCUT2D eigenvalue weighted by Gasteiger charge is 2.43. The molecular weight excluding hydrogens is 392 g/mol. The second-order valence-corrected chi connectivity index (χ2v) is 8.52. The lowest BCUT2D eigenvalue weighted by Crippen LogP contribution is -2.32. The van der Waals surface area contributed by atoms with Gasteiger partial charge >= 0.3 is 0 Å². The minimum absolute atomic E-state index is 0.137. The number of nitrogens with zero attached hydrogens (tertiary/aromatic N) is 2. The van der Waals surface area contributed by atoms with Gasteiger partial charge in [-0.25, -0.2) is 4.90 Å². The third kappa shape index (κ3) is 2.86. The summed E-state index contributed by atoms with van der Waals surface area (Å²) >= 11 is 0. The Bertz CT molecular complexity index is 1180. The molecule has 0 N–H and O–H groups in total. The van der Waals surface area contributed by atoms with Gasteiger partial charge in [0.05, 0.1) is 17.2 Å². The average Bonchev–Trinajstić information content (AvgIpc) is 3.18. The molecule has 1 aromatic carbocycles. The third-order valence-corrected chi connectivity index (χ3v) is 6.71. The molecule has 2 aliphatic heterocycles. The number of allylic oxidation sites excluding steroid dienone is 7. The van der Waals surface area contributed by atoms with Crippen molar-refractivity contribution in [2.24, 2.45) is 5.92 Å². The number of likely N-dealkylation sites (tertiary alicyclic amines) is 1. The van der Waals surface area contributed by atoms with Crippen LogP contribution in [0.3, 0.4) is 0 Å². The molecule has 6 nitrogen and oxygen atoms in total. The van der Waals surface area contributed by atoms with Crippen LogP contribution >= 0.6 is 0 Å². The molecule has 2 heterocycles. The van der Waals surface area contributed by atoms with E-state index in [2.05, 4.69) is 0 Å². The average molecular weight is 414 g/mol. The van der Waals surface area contributed by atoms with Gasteiger partial charge < -0.3 is 9.69 Å². The summed E-state index contributed by atoms with van der Waals surface area (Å²) in [6, 6.07) is 4.81. The van der Waals surface area contributed by atoms with E-state index in [0.717, 1.165) is 29.5 Å². The van der Waals surface area contributed by atoms with Crippen molar-refractivity contribution in [3.63, 3.8) is 0 Å². The summed E-state index contributed by atoms with van der Waals surface area (Å²) in [5.41, 5.74) is 4.97. The SMILES string of the molecule is CC1=CC=C(N2C(=O)c3ccc(C4=CCC5C(=C4)C(=O)N(C)C5C=O)cc3C2=O)CC1. The molecular formula is C25H22N2O4. The van der Waals surface area contributed by atoms with Gasteiger partial charge in [-0.3, -0.25) is 14.4 Å². The van der Waals surface area contributed by atoms with Gasteiger partial charge in [-0.15, -0.1) is 0 Å². The molecule has 0 radical (unpaired) electrons. The van der Waals surface area contributed by atoms with Crippen LogP contribution in [0.2, 0.25) is 0 Å². The smallest absolute Gasteiger partial charge is 0.265 e. The molecule has 6 heteroatoms. The van der Waals surface area contributed by atoms with Crippen molar-refractivity contribution in [3.8, 4) is 0 Å². The molecule has 4 aliphatic rings. The predicted octanol–water partition coefficient (Wildman–Crippen LogP) is 3.28. The van der Waals surface area contributed by atoms with Gasteiger partial charge in [-0.2, -0.15) is 0 Å². The molecule has 5 rings (SSSR count). The highest BCUT2D eigenvalue weighted by atomic mass is 16.2. The van der Waals surface area contributed by atoms with Crippen molar-refractivity contribution in [1.29, 1.82) is 0 Å². The molecule has 156 valence electrons. The molecule has 1 aromatic rings. The molecule has 2 atom stereocenters. The molecule has 0 spiro atoms. The molecule has 3 amide bonds. The molecule has 1 fully saturated rings. The van der Waals surface area contributed by atoms with E-state index in [9.17, 15) is 19.2 Å². The fourth-order valence-electron chi connectivity index (χ4n) is 4.85. The molecule has 0 aromatic heterocycles. The summed E-state index contributed by atoms with van der Waals surface area (Å²) < 4.78 is 0. The molecule has 0 saturated carbocycles. The molecule has 1 saturated heterocycles. The summed E-state index contributed by atoms with van der Waals surface area (Å²) in [6.45, 7) is 2.03. The first-order valence-corrected chi connectivity index (χ1v) is 10.4. The first-order chi connectivity index (χ1) is 14.9. The zero-order chi connectivity index (χ0) is 21.9. The van der Waals surface area contributed by atoms with E-state index in [1.54, 1.807) is 19.2 Å². The fourth-order valence-corrected chi connectivity index (χ4v) is 4.85. The quantitative estimate of drug-likeness (QED) is 0.562. The normalized spacial score (nSPS) is 25.0. The first kappa shape index (κ1) is 19.4. The van der Waals surface area contributed by atoms with E-state index in [4.69, 9.17) is 0 Å². The largest absolute Gasteiger partial charge is 0.332 e. The van der Waals surface area contributed by atoms with Gasteiger partial charge in [0.25, 0.3) is 17.7 Å². The summed E-state index contributed by atoms with van der Waals surface area (Å²) in [6.07, 6.45) is 10.5. The van der Waals surface area contributed by atoms with Crippen LogP contribution in [0.1, 0.15) is 52.5 Å². The van der Waals surface area contributed by atoms with Gasteiger partial charge in [0.1, 0.15) is 6.29 Å². The number of fused-ring (bicyclic) bond motifs is 2. The van der Waals surface area contributed by atoms with E-state index in [1.807, 2.05) is 37.3 Å². The molecule has 2 aliphatic carbocycles. The van der Waals surface area contributed by atoms with Crippen LogP contribution in [0, 0.1) is 5.92 Å². The summed E-state index contributed by atoms with van der Waals surface area (Å²) in [4.78, 5) is 52.7. The Morgan fingerprint density at radius 1 is 1.00 bits per heavy atom. The van der Waals surface area contributed by atoms with E-state index in [-0.39, 0.29) is 23.6 Å². The monoisotopic (exact) mass is 414 g/mol. The highest BCUT2D eigenvalue weighted by Crippen LogP contribution is 2.39. The number of hydrogen-bond donors (Lipinski definition) is 0. The Labute approximate surface area is 180 Å². The zero-order valence-electron chi connectivity index (χ0n) is 17.4. The van der Waals surface area contributed by atoms with Crippen molar-refractivity contribution in [2.75, 3.05) is 7.05 Å². The number of rotatable bonds is 3. The van der Waals surface area contributed by atoms with E-state index in [0.29, 0.717) is 29.5 Å². The van der Waals surface area contributed by atoms with Crippen LogP contribution < -0.4 is 0 Å². The summed E-state index contributed by atoms with van der Waals surface area (Å²) in [5, 5.41) is 0. The topological polar surface area (TPSA) is 74.8 Å². The number of aldehydes is 1.